The molecule has 1 nitrogen and oxygen atoms in total. The van der Waals surface area contributed by atoms with Gasteiger partial charge in [-0.1, -0.05) is 11.6 Å². The molecule has 0 aromatic rings. The molecule has 0 saturated heterocycles. The van der Waals surface area contributed by atoms with Crippen molar-refractivity contribution in [1.29, 1.82) is 0 Å². The van der Waals surface area contributed by atoms with Crippen molar-refractivity contribution in [3.8, 4) is 0 Å². The number of hydrogen-bond acceptors (Lipinski definition) is 1. The first-order valence-corrected chi connectivity index (χ1v) is 1.78. The SMILES string of the molecule is FC(F)OC(F)Cl. The summed E-state index contributed by atoms with van der Waals surface area (Å²) in [6, 6.07) is 0. The Morgan fingerprint density at radius 3 is 1.71 bits per heavy atom. The fourth-order valence-corrected chi connectivity index (χ4v) is 0.156. The summed E-state index contributed by atoms with van der Waals surface area (Å²) >= 11 is 4.30. The summed E-state index contributed by atoms with van der Waals surface area (Å²) < 4.78 is 35.5. The fourth-order valence-electron chi connectivity index (χ4n) is 0.0778. The lowest BCUT2D eigenvalue weighted by molar-refractivity contribution is -0.171. The number of alkyl halides is 4. The lowest BCUT2D eigenvalue weighted by atomic mass is 11.4. The van der Waals surface area contributed by atoms with Crippen LogP contribution < -0.4 is 0 Å². The van der Waals surface area contributed by atoms with Gasteiger partial charge in [0.15, 0.2) is 0 Å². The van der Waals surface area contributed by atoms with Crippen LogP contribution >= 0.6 is 11.6 Å². The van der Waals surface area contributed by atoms with E-state index >= 15 is 0 Å². The topological polar surface area (TPSA) is 9.23 Å². The lowest BCUT2D eigenvalue weighted by Gasteiger charge is -1.97. The van der Waals surface area contributed by atoms with E-state index in [1.54, 1.807) is 0 Å². The van der Waals surface area contributed by atoms with Crippen LogP contribution in [0.5, 0.6) is 0 Å². The second kappa shape index (κ2) is 3.10. The molecule has 0 fully saturated rings. The van der Waals surface area contributed by atoms with E-state index in [0.717, 1.165) is 0 Å². The zero-order valence-corrected chi connectivity index (χ0v) is 3.83. The molecule has 0 aliphatic carbocycles. The summed E-state index contributed by atoms with van der Waals surface area (Å²) in [5.74, 6) is -2.40. The molecular weight excluding hydrogens is 132 g/mol. The van der Waals surface area contributed by atoms with E-state index in [1.807, 2.05) is 0 Å². The van der Waals surface area contributed by atoms with Crippen molar-refractivity contribution in [2.24, 2.45) is 0 Å². The van der Waals surface area contributed by atoms with E-state index in [2.05, 4.69) is 16.3 Å². The van der Waals surface area contributed by atoms with Gasteiger partial charge < -0.3 is 0 Å². The summed E-state index contributed by atoms with van der Waals surface area (Å²) in [4.78, 5) is 0. The van der Waals surface area contributed by atoms with E-state index in [9.17, 15) is 13.2 Å². The number of hydrogen-bond donors (Lipinski definition) is 0. The van der Waals surface area contributed by atoms with E-state index in [1.165, 1.54) is 0 Å². The Morgan fingerprint density at radius 1 is 1.29 bits per heavy atom. The van der Waals surface area contributed by atoms with Crippen molar-refractivity contribution in [2.45, 2.75) is 12.4 Å². The maximum Gasteiger partial charge on any atom is 0.348 e. The maximum atomic E-state index is 11.0. The molecule has 0 aliphatic heterocycles. The zero-order valence-electron chi connectivity index (χ0n) is 3.07. The summed E-state index contributed by atoms with van der Waals surface area (Å²) in [6.45, 7) is -3.13. The molecule has 0 N–H and O–H groups in total. The monoisotopic (exact) mass is 134 g/mol. The summed E-state index contributed by atoms with van der Waals surface area (Å²) in [6.07, 6.45) is 0. The average molecular weight is 134 g/mol. The van der Waals surface area contributed by atoms with Crippen molar-refractivity contribution >= 4 is 11.6 Å². The molecule has 1 unspecified atom stereocenters. The van der Waals surface area contributed by atoms with E-state index in [0.29, 0.717) is 0 Å². The third-order valence-electron chi connectivity index (χ3n) is 0.206. The highest BCUT2D eigenvalue weighted by Gasteiger charge is 2.07. The molecule has 0 spiro atoms. The van der Waals surface area contributed by atoms with E-state index in [4.69, 9.17) is 0 Å². The molecule has 1 atom stereocenters. The van der Waals surface area contributed by atoms with Crippen molar-refractivity contribution in [1.82, 2.24) is 0 Å². The van der Waals surface area contributed by atoms with Crippen LogP contribution in [0.25, 0.3) is 0 Å². The average Bonchev–Trinajstić information content (AvgIpc) is 1.27. The molecule has 0 rings (SSSR count). The third kappa shape index (κ3) is 6.04. The molecule has 7 heavy (non-hydrogen) atoms. The molecule has 0 aliphatic rings. The van der Waals surface area contributed by atoms with Gasteiger partial charge in [-0.15, -0.1) is 0 Å². The van der Waals surface area contributed by atoms with Gasteiger partial charge in [0.1, 0.15) is 0 Å². The standard InChI is InChI=1S/C2H2ClF3O/c3-1(4)7-2(5)6/h1-2H. The first-order chi connectivity index (χ1) is 3.13. The van der Waals surface area contributed by atoms with Crippen LogP contribution in [0.1, 0.15) is 0 Å². The molecule has 44 valence electrons. The molecule has 0 radical (unpaired) electrons. The van der Waals surface area contributed by atoms with Gasteiger partial charge in [-0.25, -0.2) is 0 Å². The van der Waals surface area contributed by atoms with Crippen molar-refractivity contribution in [3.63, 3.8) is 0 Å². The minimum atomic E-state index is -3.13. The smallest absolute Gasteiger partial charge is 0.274 e. The number of halogens is 4. The minimum Gasteiger partial charge on any atom is -0.274 e. The Hall–Kier alpha value is 0.0400. The number of rotatable bonds is 2. The first kappa shape index (κ1) is 7.04. The summed E-state index contributed by atoms with van der Waals surface area (Å²) in [7, 11) is 0. The van der Waals surface area contributed by atoms with Crippen LogP contribution in [-0.4, -0.2) is 12.4 Å². The van der Waals surface area contributed by atoms with Gasteiger partial charge in [-0.2, -0.15) is 13.2 Å². The zero-order chi connectivity index (χ0) is 5.86. The second-order valence-electron chi connectivity index (χ2n) is 0.657. The van der Waals surface area contributed by atoms with Crippen LogP contribution in [-0.2, 0) is 4.74 Å². The van der Waals surface area contributed by atoms with Gasteiger partial charge in [-0.05, 0) is 0 Å². The molecule has 0 aromatic carbocycles. The third-order valence-corrected chi connectivity index (χ3v) is 0.309. The van der Waals surface area contributed by atoms with Gasteiger partial charge in [0.05, 0.1) is 0 Å². The van der Waals surface area contributed by atoms with Crippen molar-refractivity contribution in [3.05, 3.63) is 0 Å². The molecular formula is C2H2ClF3O. The van der Waals surface area contributed by atoms with Gasteiger partial charge in [0.2, 0.25) is 0 Å². The Bertz CT molecular complexity index is 42.2. The quantitative estimate of drug-likeness (QED) is 0.523. The molecule has 0 aromatic heterocycles. The van der Waals surface area contributed by atoms with Gasteiger partial charge in [0, 0.05) is 0 Å². The molecule has 0 heterocycles. The Kier molecular flexibility index (Phi) is 3.11. The van der Waals surface area contributed by atoms with E-state index in [-0.39, 0.29) is 0 Å². The highest BCUT2D eigenvalue weighted by Crippen LogP contribution is 2.05. The minimum absolute atomic E-state index is 2.40. The highest BCUT2D eigenvalue weighted by atomic mass is 35.5. The van der Waals surface area contributed by atoms with Crippen molar-refractivity contribution in [2.75, 3.05) is 0 Å². The molecule has 0 bridgehead atoms. The van der Waals surface area contributed by atoms with Crippen LogP contribution in [0.4, 0.5) is 13.2 Å². The summed E-state index contributed by atoms with van der Waals surface area (Å²) in [5, 5.41) is 0. The Morgan fingerprint density at radius 2 is 1.71 bits per heavy atom. The van der Waals surface area contributed by atoms with Crippen LogP contribution in [0.15, 0.2) is 0 Å². The highest BCUT2D eigenvalue weighted by molar-refractivity contribution is 6.18. The predicted octanol–water partition coefficient (Wildman–Crippen LogP) is 1.72. The Labute approximate surface area is 43.0 Å². The van der Waals surface area contributed by atoms with Crippen LogP contribution in [0, 0.1) is 0 Å². The largest absolute Gasteiger partial charge is 0.348 e. The maximum absolute atomic E-state index is 11.0. The molecule has 0 saturated carbocycles. The van der Waals surface area contributed by atoms with E-state index < -0.39 is 12.4 Å². The van der Waals surface area contributed by atoms with Gasteiger partial charge in [-0.3, -0.25) is 4.74 Å². The van der Waals surface area contributed by atoms with Gasteiger partial charge >= 0.3 is 6.61 Å². The lowest BCUT2D eigenvalue weighted by Crippen LogP contribution is -2.02. The summed E-state index contributed by atoms with van der Waals surface area (Å²) in [5.41, 5.74) is 0. The van der Waals surface area contributed by atoms with Gasteiger partial charge in [0.25, 0.3) is 5.82 Å². The predicted molar refractivity (Wildman–Crippen MR) is 17.8 cm³/mol. The van der Waals surface area contributed by atoms with Crippen molar-refractivity contribution < 1.29 is 17.9 Å². The molecule has 5 heteroatoms. The first-order valence-electron chi connectivity index (χ1n) is 1.34. The van der Waals surface area contributed by atoms with Crippen LogP contribution in [0.3, 0.4) is 0 Å². The second-order valence-corrected chi connectivity index (χ2v) is 1.00. The number of ether oxygens (including phenoxy) is 1. The normalized spacial score (nSPS) is 15.0. The Balaban J connectivity index is 2.95. The fraction of sp³-hybridized carbons (Fsp3) is 1.00. The molecule has 0 amide bonds. The van der Waals surface area contributed by atoms with Crippen LogP contribution in [0.2, 0.25) is 0 Å².